The number of benzene rings is 1. The van der Waals surface area contributed by atoms with Crippen LogP contribution in [0.2, 0.25) is 0 Å². The lowest BCUT2D eigenvalue weighted by atomic mass is 9.72. The van der Waals surface area contributed by atoms with Crippen LogP contribution in [0.1, 0.15) is 31.2 Å². The summed E-state index contributed by atoms with van der Waals surface area (Å²) in [5.41, 5.74) is 0.684. The Labute approximate surface area is 132 Å². The summed E-state index contributed by atoms with van der Waals surface area (Å²) in [6.07, 6.45) is 2.91. The molecule has 2 saturated heterocycles. The van der Waals surface area contributed by atoms with Gasteiger partial charge in [0.25, 0.3) is 0 Å². The first-order valence-corrected chi connectivity index (χ1v) is 8.00. The summed E-state index contributed by atoms with van der Waals surface area (Å²) < 4.78 is 1.02. The lowest BCUT2D eigenvalue weighted by Gasteiger charge is -2.42. The summed E-state index contributed by atoms with van der Waals surface area (Å²) in [5.74, 6) is 0. The number of hydrogen-bond donors (Lipinski definition) is 1. The van der Waals surface area contributed by atoms with Crippen molar-refractivity contribution < 1.29 is 9.90 Å². The largest absolute Gasteiger partial charge is 0.465 e. The van der Waals surface area contributed by atoms with Gasteiger partial charge in [-0.3, -0.25) is 0 Å². The number of rotatable bonds is 2. The second-order valence-electron chi connectivity index (χ2n) is 6.14. The van der Waals surface area contributed by atoms with Gasteiger partial charge >= 0.3 is 6.09 Å². The fourth-order valence-electron chi connectivity index (χ4n) is 3.94. The van der Waals surface area contributed by atoms with Crippen LogP contribution in [0.4, 0.5) is 4.79 Å². The second kappa shape index (κ2) is 5.34. The lowest BCUT2D eigenvalue weighted by molar-refractivity contribution is 0.0658. The van der Waals surface area contributed by atoms with Crippen LogP contribution in [-0.4, -0.2) is 28.2 Å². The molecule has 1 N–H and O–H groups in total. The van der Waals surface area contributed by atoms with Crippen molar-refractivity contribution in [1.29, 1.82) is 5.26 Å². The molecule has 1 aromatic rings. The number of amides is 1. The summed E-state index contributed by atoms with van der Waals surface area (Å²) >= 11 is 3.54. The first-order valence-electron chi connectivity index (χ1n) is 7.20. The van der Waals surface area contributed by atoms with E-state index in [0.717, 1.165) is 22.9 Å². The molecule has 1 amide bonds. The normalized spacial score (nSPS) is 31.0. The van der Waals surface area contributed by atoms with E-state index in [0.29, 0.717) is 19.3 Å². The van der Waals surface area contributed by atoms with Crippen LogP contribution in [0.3, 0.4) is 0 Å². The first-order chi connectivity index (χ1) is 10.0. The van der Waals surface area contributed by atoms with E-state index >= 15 is 0 Å². The number of nitrogens with zero attached hydrogens (tertiary/aromatic N) is 2. The van der Waals surface area contributed by atoms with E-state index in [1.54, 1.807) is 4.90 Å². The number of piperidine rings is 1. The van der Waals surface area contributed by atoms with Crippen LogP contribution in [0.25, 0.3) is 0 Å². The summed E-state index contributed by atoms with van der Waals surface area (Å²) in [6, 6.07) is 10.5. The van der Waals surface area contributed by atoms with Crippen molar-refractivity contribution >= 4 is 22.0 Å². The van der Waals surface area contributed by atoms with E-state index in [1.165, 1.54) is 0 Å². The molecule has 21 heavy (non-hydrogen) atoms. The highest BCUT2D eigenvalue weighted by atomic mass is 79.9. The molecule has 1 unspecified atom stereocenters. The molecule has 3 rings (SSSR count). The molecule has 0 aliphatic carbocycles. The summed E-state index contributed by atoms with van der Waals surface area (Å²) in [7, 11) is 0. The molecule has 2 aliphatic heterocycles. The highest BCUT2D eigenvalue weighted by Gasteiger charge is 2.50. The van der Waals surface area contributed by atoms with Gasteiger partial charge in [-0.2, -0.15) is 5.26 Å². The Hall–Kier alpha value is -1.54. The smallest absolute Gasteiger partial charge is 0.407 e. The molecule has 0 spiro atoms. The van der Waals surface area contributed by atoms with Gasteiger partial charge in [-0.15, -0.1) is 0 Å². The molecule has 2 fully saturated rings. The Morgan fingerprint density at radius 2 is 2.00 bits per heavy atom. The Morgan fingerprint density at radius 1 is 1.38 bits per heavy atom. The molecule has 0 saturated carbocycles. The van der Waals surface area contributed by atoms with Crippen molar-refractivity contribution in [3.8, 4) is 6.07 Å². The van der Waals surface area contributed by atoms with Crippen LogP contribution in [0.15, 0.2) is 28.7 Å². The average molecular weight is 349 g/mol. The van der Waals surface area contributed by atoms with E-state index in [-0.39, 0.29) is 12.1 Å². The minimum atomic E-state index is -0.838. The summed E-state index contributed by atoms with van der Waals surface area (Å²) in [6.45, 7) is 0. The lowest BCUT2D eigenvalue weighted by Crippen LogP contribution is -2.50. The molecule has 5 heteroatoms. The van der Waals surface area contributed by atoms with Gasteiger partial charge in [0, 0.05) is 16.6 Å². The number of hydrogen-bond acceptors (Lipinski definition) is 2. The Bertz CT molecular complexity index is 597. The van der Waals surface area contributed by atoms with Crippen molar-refractivity contribution in [3.63, 3.8) is 0 Å². The van der Waals surface area contributed by atoms with Crippen molar-refractivity contribution in [2.75, 3.05) is 0 Å². The summed E-state index contributed by atoms with van der Waals surface area (Å²) in [5, 5.41) is 19.1. The van der Waals surface area contributed by atoms with Gasteiger partial charge in [0.2, 0.25) is 0 Å². The van der Waals surface area contributed by atoms with E-state index in [4.69, 9.17) is 0 Å². The first kappa shape index (κ1) is 14.4. The standard InChI is InChI=1S/C16H17BrN2O2/c17-14-4-2-1-3-11(14)7-16(10-18)8-12-5-6-13(9-16)19(12)15(20)21/h1-4,12-13H,5-9H2,(H,20,21)/t12-,13+,16?. The molecule has 2 bridgehead atoms. The number of halogens is 1. The van der Waals surface area contributed by atoms with E-state index in [2.05, 4.69) is 22.0 Å². The van der Waals surface area contributed by atoms with Crippen molar-refractivity contribution in [2.24, 2.45) is 5.41 Å². The zero-order valence-electron chi connectivity index (χ0n) is 11.6. The van der Waals surface area contributed by atoms with Gasteiger partial charge in [-0.25, -0.2) is 4.79 Å². The average Bonchev–Trinajstić information content (AvgIpc) is 2.74. The van der Waals surface area contributed by atoms with E-state index in [9.17, 15) is 15.2 Å². The molecule has 3 atom stereocenters. The number of carboxylic acid groups (broad SMARTS) is 1. The van der Waals surface area contributed by atoms with Gasteiger partial charge in [0.05, 0.1) is 11.5 Å². The summed E-state index contributed by atoms with van der Waals surface area (Å²) in [4.78, 5) is 12.9. The Kier molecular flexibility index (Phi) is 3.66. The van der Waals surface area contributed by atoms with E-state index < -0.39 is 11.5 Å². The van der Waals surface area contributed by atoms with E-state index in [1.807, 2.05) is 24.3 Å². The predicted octanol–water partition coefficient (Wildman–Crippen LogP) is 3.81. The minimum Gasteiger partial charge on any atom is -0.465 e. The SMILES string of the molecule is N#CC1(Cc2ccccc2Br)C[C@H]2CC[C@@H](C1)N2C(=O)O. The van der Waals surface area contributed by atoms with Crippen LogP contribution in [0, 0.1) is 16.7 Å². The third kappa shape index (κ3) is 2.53. The molecular weight excluding hydrogens is 332 g/mol. The van der Waals surface area contributed by atoms with Gasteiger partial charge in [0.15, 0.2) is 0 Å². The fraction of sp³-hybridized carbons (Fsp3) is 0.500. The maximum absolute atomic E-state index is 11.4. The highest BCUT2D eigenvalue weighted by molar-refractivity contribution is 9.10. The van der Waals surface area contributed by atoms with Crippen molar-refractivity contribution in [1.82, 2.24) is 4.90 Å². The zero-order chi connectivity index (χ0) is 15.0. The van der Waals surface area contributed by atoms with Crippen LogP contribution in [0.5, 0.6) is 0 Å². The maximum atomic E-state index is 11.4. The van der Waals surface area contributed by atoms with Crippen molar-refractivity contribution in [3.05, 3.63) is 34.3 Å². The van der Waals surface area contributed by atoms with Gasteiger partial charge in [-0.05, 0) is 43.7 Å². The van der Waals surface area contributed by atoms with Crippen molar-refractivity contribution in [2.45, 2.75) is 44.2 Å². The second-order valence-corrected chi connectivity index (χ2v) is 7.00. The molecule has 2 heterocycles. The maximum Gasteiger partial charge on any atom is 0.407 e. The molecule has 0 aromatic heterocycles. The Morgan fingerprint density at radius 3 is 2.52 bits per heavy atom. The third-order valence-electron chi connectivity index (χ3n) is 4.82. The molecular formula is C16H17BrN2O2. The molecule has 110 valence electrons. The van der Waals surface area contributed by atoms with Crippen LogP contribution < -0.4 is 0 Å². The Balaban J connectivity index is 1.86. The molecule has 1 aromatic carbocycles. The number of carbonyl (C=O) groups is 1. The van der Waals surface area contributed by atoms with Gasteiger partial charge in [0.1, 0.15) is 0 Å². The van der Waals surface area contributed by atoms with Gasteiger partial charge in [-0.1, -0.05) is 34.1 Å². The third-order valence-corrected chi connectivity index (χ3v) is 5.59. The quantitative estimate of drug-likeness (QED) is 0.883. The number of nitriles is 1. The van der Waals surface area contributed by atoms with Crippen LogP contribution >= 0.6 is 15.9 Å². The number of fused-ring (bicyclic) bond motifs is 2. The fourth-order valence-corrected chi connectivity index (χ4v) is 4.37. The zero-order valence-corrected chi connectivity index (χ0v) is 13.2. The monoisotopic (exact) mass is 348 g/mol. The highest BCUT2D eigenvalue weighted by Crippen LogP contribution is 2.47. The predicted molar refractivity (Wildman–Crippen MR) is 81.8 cm³/mol. The molecule has 0 radical (unpaired) electrons. The van der Waals surface area contributed by atoms with Gasteiger partial charge < -0.3 is 10.0 Å². The minimum absolute atomic E-state index is 0.00314. The van der Waals surface area contributed by atoms with Crippen LogP contribution in [-0.2, 0) is 6.42 Å². The molecule has 4 nitrogen and oxygen atoms in total. The molecule has 2 aliphatic rings. The topological polar surface area (TPSA) is 64.3 Å².